The number of rotatable bonds is 1. The van der Waals surface area contributed by atoms with E-state index in [1.165, 1.54) is 10.9 Å². The molecule has 1 aliphatic heterocycles. The number of thiocarbonyl (C=S) groups is 1. The second kappa shape index (κ2) is 8.26. The van der Waals surface area contributed by atoms with E-state index in [0.717, 1.165) is 15.7 Å². The smallest absolute Gasteiger partial charge is 0.267 e. The third-order valence-electron chi connectivity index (χ3n) is 4.70. The highest BCUT2D eigenvalue weighted by Gasteiger charge is 2.34. The molecule has 3 aromatic carbocycles. The van der Waals surface area contributed by atoms with Crippen LogP contribution in [0.2, 0.25) is 0 Å². The minimum Gasteiger partial charge on any atom is -0.361 e. The number of imide groups is 1. The molecule has 6 nitrogen and oxygen atoms in total. The van der Waals surface area contributed by atoms with Crippen molar-refractivity contribution in [2.75, 3.05) is 0 Å². The van der Waals surface area contributed by atoms with Gasteiger partial charge < -0.3 is 10.3 Å². The van der Waals surface area contributed by atoms with Crippen LogP contribution in [0.15, 0.2) is 79.0 Å². The van der Waals surface area contributed by atoms with Gasteiger partial charge in [0.25, 0.3) is 5.91 Å². The third-order valence-corrected chi connectivity index (χ3v) is 4.98. The maximum absolute atomic E-state index is 12.6. The summed E-state index contributed by atoms with van der Waals surface area (Å²) in [6, 6.07) is 22.9. The Kier molecular flexibility index (Phi) is 5.36. The summed E-state index contributed by atoms with van der Waals surface area (Å²) in [6.45, 7) is 0. The maximum atomic E-state index is 12.6. The highest BCUT2D eigenvalue weighted by Crippen LogP contribution is 2.21. The maximum Gasteiger partial charge on any atom is 0.267 e. The van der Waals surface area contributed by atoms with E-state index in [9.17, 15) is 14.4 Å². The van der Waals surface area contributed by atoms with Crippen LogP contribution in [0.5, 0.6) is 0 Å². The topological polar surface area (TPSA) is 82.3 Å². The van der Waals surface area contributed by atoms with Crippen LogP contribution in [-0.4, -0.2) is 32.7 Å². The van der Waals surface area contributed by atoms with Crippen molar-refractivity contribution < 1.29 is 14.4 Å². The molecule has 5 rings (SSSR count). The SMILES string of the molecule is O=C1CC(=O)N(C(=O)c2cccc3ccccc23)C(=S)N1.c1ccc2[nH]ccc2c1. The predicted octanol–water partition coefficient (Wildman–Crippen LogP) is 3.78. The number of hydrogen-bond donors (Lipinski definition) is 2. The van der Waals surface area contributed by atoms with Crippen LogP contribution in [0, 0.1) is 0 Å². The summed E-state index contributed by atoms with van der Waals surface area (Å²) in [4.78, 5) is 39.7. The lowest BCUT2D eigenvalue weighted by atomic mass is 10.0. The fourth-order valence-electron chi connectivity index (χ4n) is 3.28. The average Bonchev–Trinajstić information content (AvgIpc) is 3.22. The minimum atomic E-state index is -0.610. The Hall–Kier alpha value is -3.84. The zero-order chi connectivity index (χ0) is 21.1. The lowest BCUT2D eigenvalue weighted by molar-refractivity contribution is -0.133. The molecule has 148 valence electrons. The molecular weight excluding hydrogens is 398 g/mol. The number of fused-ring (bicyclic) bond motifs is 2. The lowest BCUT2D eigenvalue weighted by Gasteiger charge is -2.25. The highest BCUT2D eigenvalue weighted by molar-refractivity contribution is 7.80. The van der Waals surface area contributed by atoms with Crippen LogP contribution in [0.3, 0.4) is 0 Å². The van der Waals surface area contributed by atoms with Crippen LogP contribution in [-0.2, 0) is 9.59 Å². The first-order valence-corrected chi connectivity index (χ1v) is 9.66. The number of aromatic nitrogens is 1. The number of para-hydroxylation sites is 1. The molecule has 7 heteroatoms. The fourth-order valence-corrected chi connectivity index (χ4v) is 3.58. The summed E-state index contributed by atoms with van der Waals surface area (Å²) in [5.41, 5.74) is 1.58. The summed E-state index contributed by atoms with van der Waals surface area (Å²) in [5.74, 6) is -1.63. The van der Waals surface area contributed by atoms with Gasteiger partial charge >= 0.3 is 0 Å². The Bertz CT molecular complexity index is 1240. The van der Waals surface area contributed by atoms with Crippen LogP contribution in [0.1, 0.15) is 16.8 Å². The van der Waals surface area contributed by atoms with E-state index >= 15 is 0 Å². The fraction of sp³-hybridized carbons (Fsp3) is 0.0435. The molecule has 0 unspecified atom stereocenters. The Morgan fingerprint density at radius 1 is 0.867 bits per heavy atom. The van der Waals surface area contributed by atoms with E-state index in [4.69, 9.17) is 12.2 Å². The summed E-state index contributed by atoms with van der Waals surface area (Å²) in [6.07, 6.45) is 1.57. The van der Waals surface area contributed by atoms with Gasteiger partial charge in [0, 0.05) is 17.3 Å². The van der Waals surface area contributed by atoms with Crippen LogP contribution >= 0.6 is 12.2 Å². The number of carbonyl (C=O) groups is 3. The molecular formula is C23H17N3O3S. The number of aromatic amines is 1. The molecule has 0 saturated carbocycles. The molecule has 0 aliphatic carbocycles. The van der Waals surface area contributed by atoms with Crippen molar-refractivity contribution in [3.8, 4) is 0 Å². The molecule has 2 heterocycles. The molecule has 1 aliphatic rings. The van der Waals surface area contributed by atoms with Gasteiger partial charge in [-0.25, -0.2) is 4.90 Å². The first-order valence-electron chi connectivity index (χ1n) is 9.25. The van der Waals surface area contributed by atoms with E-state index in [0.29, 0.717) is 5.56 Å². The molecule has 1 saturated heterocycles. The number of H-pyrrole nitrogens is 1. The molecule has 30 heavy (non-hydrogen) atoms. The Morgan fingerprint density at radius 2 is 1.57 bits per heavy atom. The summed E-state index contributed by atoms with van der Waals surface area (Å²) in [5, 5.41) is 5.06. The van der Waals surface area contributed by atoms with Crippen LogP contribution in [0.4, 0.5) is 0 Å². The average molecular weight is 415 g/mol. The van der Waals surface area contributed by atoms with Crippen LogP contribution < -0.4 is 5.32 Å². The van der Waals surface area contributed by atoms with Gasteiger partial charge in [-0.2, -0.15) is 0 Å². The Balaban J connectivity index is 0.000000200. The molecule has 1 aromatic heterocycles. The monoisotopic (exact) mass is 415 g/mol. The van der Waals surface area contributed by atoms with E-state index < -0.39 is 17.7 Å². The minimum absolute atomic E-state index is 0.172. The molecule has 0 spiro atoms. The third kappa shape index (κ3) is 3.83. The zero-order valence-corrected chi connectivity index (χ0v) is 16.6. The number of nitrogens with zero attached hydrogens (tertiary/aromatic N) is 1. The quantitative estimate of drug-likeness (QED) is 0.282. The number of hydrogen-bond acceptors (Lipinski definition) is 4. The molecule has 2 N–H and O–H groups in total. The van der Waals surface area contributed by atoms with Gasteiger partial charge in [0.05, 0.1) is 0 Å². The van der Waals surface area contributed by atoms with Gasteiger partial charge in [-0.1, -0.05) is 54.6 Å². The summed E-state index contributed by atoms with van der Waals surface area (Å²) in [7, 11) is 0. The number of carbonyl (C=O) groups excluding carboxylic acids is 3. The second-order valence-corrected chi connectivity index (χ2v) is 7.04. The van der Waals surface area contributed by atoms with E-state index in [-0.39, 0.29) is 11.5 Å². The molecule has 0 atom stereocenters. The molecule has 0 bridgehead atoms. The summed E-state index contributed by atoms with van der Waals surface area (Å²) >= 11 is 4.93. The van der Waals surface area contributed by atoms with Gasteiger partial charge in [-0.05, 0) is 46.6 Å². The molecule has 0 radical (unpaired) electrons. The normalized spacial score (nSPS) is 13.7. The van der Waals surface area contributed by atoms with Crippen molar-refractivity contribution in [1.82, 2.24) is 15.2 Å². The number of amides is 3. The van der Waals surface area contributed by atoms with Gasteiger partial charge in [-0.15, -0.1) is 0 Å². The Morgan fingerprint density at radius 3 is 2.33 bits per heavy atom. The van der Waals surface area contributed by atoms with E-state index in [1.54, 1.807) is 18.2 Å². The standard InChI is InChI=1S/C15H10N2O3S.C8H7N/c18-12-8-13(19)17(15(21)16-12)14(20)11-7-3-5-9-4-1-2-6-10(9)11;1-2-4-8-7(3-1)5-6-9-8/h1-7H,8H2,(H,16,18,21);1-6,9H. The van der Waals surface area contributed by atoms with Crippen molar-refractivity contribution in [1.29, 1.82) is 0 Å². The number of benzene rings is 3. The highest BCUT2D eigenvalue weighted by atomic mass is 32.1. The lowest BCUT2D eigenvalue weighted by Crippen LogP contribution is -2.54. The van der Waals surface area contributed by atoms with Gasteiger partial charge in [0.15, 0.2) is 5.11 Å². The molecule has 3 amide bonds. The van der Waals surface area contributed by atoms with Crippen molar-refractivity contribution in [3.05, 3.63) is 84.6 Å². The van der Waals surface area contributed by atoms with Gasteiger partial charge in [0.2, 0.25) is 11.8 Å². The predicted molar refractivity (Wildman–Crippen MR) is 119 cm³/mol. The van der Waals surface area contributed by atoms with Gasteiger partial charge in [0.1, 0.15) is 6.42 Å². The van der Waals surface area contributed by atoms with E-state index in [1.807, 2.05) is 42.6 Å². The van der Waals surface area contributed by atoms with Gasteiger partial charge in [-0.3, -0.25) is 14.4 Å². The largest absolute Gasteiger partial charge is 0.361 e. The van der Waals surface area contributed by atoms with E-state index in [2.05, 4.69) is 28.5 Å². The summed E-state index contributed by atoms with van der Waals surface area (Å²) < 4.78 is 0. The first kappa shape index (κ1) is 19.5. The van der Waals surface area contributed by atoms with Crippen molar-refractivity contribution in [2.45, 2.75) is 6.42 Å². The zero-order valence-electron chi connectivity index (χ0n) is 15.8. The first-order chi connectivity index (χ1) is 14.5. The van der Waals surface area contributed by atoms with Crippen molar-refractivity contribution >= 4 is 56.7 Å². The molecule has 1 fully saturated rings. The van der Waals surface area contributed by atoms with Crippen molar-refractivity contribution in [2.24, 2.45) is 0 Å². The second-order valence-electron chi connectivity index (χ2n) is 6.66. The van der Waals surface area contributed by atoms with Crippen LogP contribution in [0.25, 0.3) is 21.7 Å². The Labute approximate surface area is 177 Å². The van der Waals surface area contributed by atoms with Crippen molar-refractivity contribution in [3.63, 3.8) is 0 Å². The number of nitrogens with one attached hydrogen (secondary N) is 2. The molecule has 4 aromatic rings.